The Labute approximate surface area is 260 Å². The summed E-state index contributed by atoms with van der Waals surface area (Å²) >= 11 is 0. The molecule has 0 saturated carbocycles. The van der Waals surface area contributed by atoms with Crippen molar-refractivity contribution in [2.75, 3.05) is 49.1 Å². The summed E-state index contributed by atoms with van der Waals surface area (Å²) in [6.45, 7) is 10.4. The van der Waals surface area contributed by atoms with E-state index in [1.807, 2.05) is 11.8 Å². The summed E-state index contributed by atoms with van der Waals surface area (Å²) < 4.78 is 21.4. The number of rotatable bonds is 6. The zero-order chi connectivity index (χ0) is 31.0. The lowest BCUT2D eigenvalue weighted by Gasteiger charge is -2.34. The zero-order valence-corrected chi connectivity index (χ0v) is 25.4. The van der Waals surface area contributed by atoms with Crippen molar-refractivity contribution >= 4 is 34.1 Å². The molecule has 4 saturated heterocycles. The number of phenolic OH excluding ortho intramolecular Hbond substituents is 1. The number of benzene rings is 2. The maximum atomic E-state index is 15.0. The molecule has 3 unspecified atom stereocenters. The smallest absolute Gasteiger partial charge is 0.318 e. The average molecular weight is 613 g/mol. The Kier molecular flexibility index (Phi) is 6.53. The van der Waals surface area contributed by atoms with Gasteiger partial charge < -0.3 is 19.6 Å². The fourth-order valence-electron chi connectivity index (χ4n) is 8.45. The van der Waals surface area contributed by atoms with Crippen molar-refractivity contribution in [3.8, 4) is 11.8 Å². The number of carbonyl (C=O) groups excluding carboxylic acids is 2. The number of nitrogens with one attached hydrogen (secondary N) is 1. The third-order valence-corrected chi connectivity index (χ3v) is 10.6. The van der Waals surface area contributed by atoms with E-state index in [9.17, 15) is 19.1 Å². The quantitative estimate of drug-likeness (QED) is 0.319. The number of ether oxygens (including phenoxy) is 1. The van der Waals surface area contributed by atoms with Crippen LogP contribution in [0.2, 0.25) is 0 Å². The predicted molar refractivity (Wildman–Crippen MR) is 167 cm³/mol. The van der Waals surface area contributed by atoms with Crippen LogP contribution in [-0.4, -0.2) is 76.7 Å². The minimum absolute atomic E-state index is 0.0984. The molecule has 1 aromatic heterocycles. The van der Waals surface area contributed by atoms with Crippen LogP contribution in [-0.2, 0) is 29.0 Å². The van der Waals surface area contributed by atoms with Gasteiger partial charge in [0.05, 0.1) is 29.6 Å². The van der Waals surface area contributed by atoms with Crippen LogP contribution < -0.4 is 19.9 Å². The van der Waals surface area contributed by atoms with Gasteiger partial charge >= 0.3 is 6.01 Å². The van der Waals surface area contributed by atoms with E-state index in [1.54, 1.807) is 18.2 Å². The number of halogens is 1. The number of fused-ring (bicyclic) bond motifs is 4. The van der Waals surface area contributed by atoms with Crippen LogP contribution in [0.1, 0.15) is 43.0 Å². The molecule has 0 radical (unpaired) electrons. The van der Waals surface area contributed by atoms with Crippen molar-refractivity contribution in [3.63, 3.8) is 0 Å². The Bertz CT molecular complexity index is 1760. The minimum Gasteiger partial charge on any atom is -0.508 e. The topological polar surface area (TPSA) is 111 Å². The summed E-state index contributed by atoms with van der Waals surface area (Å²) in [5, 5.41) is 14.7. The molecule has 2 N–H and O–H groups in total. The highest BCUT2D eigenvalue weighted by Crippen LogP contribution is 2.43. The molecular formula is C34H37FN6O4. The first-order chi connectivity index (χ1) is 21.7. The van der Waals surface area contributed by atoms with E-state index < -0.39 is 11.8 Å². The van der Waals surface area contributed by atoms with Crippen molar-refractivity contribution < 1.29 is 23.8 Å². The van der Waals surface area contributed by atoms with Gasteiger partial charge in [0.1, 0.15) is 24.0 Å². The van der Waals surface area contributed by atoms with Gasteiger partial charge in [0, 0.05) is 48.9 Å². The van der Waals surface area contributed by atoms with Gasteiger partial charge in [-0.3, -0.25) is 19.8 Å². The third-order valence-electron chi connectivity index (χ3n) is 10.6. The van der Waals surface area contributed by atoms with Crippen molar-refractivity contribution in [1.82, 2.24) is 20.2 Å². The Morgan fingerprint density at radius 1 is 1.11 bits per heavy atom. The fraction of sp³-hybridized carbons (Fsp3) is 0.471. The van der Waals surface area contributed by atoms with Crippen LogP contribution >= 0.6 is 0 Å². The number of hydrogen-bond acceptors (Lipinski definition) is 9. The summed E-state index contributed by atoms with van der Waals surface area (Å²) in [5.74, 6) is -0.683. The summed E-state index contributed by atoms with van der Waals surface area (Å²) in [4.78, 5) is 41.5. The van der Waals surface area contributed by atoms with Crippen molar-refractivity contribution in [3.05, 3.63) is 59.1 Å². The number of nitrogens with zero attached hydrogens (tertiary/aromatic N) is 5. The average Bonchev–Trinajstić information content (AvgIpc) is 3.76. The van der Waals surface area contributed by atoms with Crippen molar-refractivity contribution in [2.45, 2.75) is 51.1 Å². The fourth-order valence-corrected chi connectivity index (χ4v) is 8.45. The van der Waals surface area contributed by atoms with E-state index in [1.165, 1.54) is 11.6 Å². The van der Waals surface area contributed by atoms with Crippen molar-refractivity contribution in [2.24, 2.45) is 11.8 Å². The number of aromatic nitrogens is 2. The standard InChI is InChI=1S/C34H37FN6O4/c1-3-22-26(35)6-5-20-11-21(42)12-28(29(20)22)39-10-7-23-27(17-39)36-33(45-18-34-8-4-9-41(34)14-19(2)13-34)37-30(23)40-15-24-25(16-40)32(44)38-31(24)43/h5-6,11-12,24-25,42H,2-4,7-10,13-18H2,1H3,(H,38,43,44). The summed E-state index contributed by atoms with van der Waals surface area (Å²) in [6, 6.07) is 6.82. The van der Waals surface area contributed by atoms with Crippen LogP contribution in [0.15, 0.2) is 36.4 Å². The van der Waals surface area contributed by atoms with Gasteiger partial charge in [-0.2, -0.15) is 9.97 Å². The molecule has 3 atom stereocenters. The molecule has 2 aromatic carbocycles. The van der Waals surface area contributed by atoms with E-state index in [0.717, 1.165) is 60.1 Å². The van der Waals surface area contributed by atoms with Crippen LogP contribution in [0.25, 0.3) is 10.8 Å². The minimum atomic E-state index is -0.399. The monoisotopic (exact) mass is 612 g/mol. The molecule has 0 bridgehead atoms. The summed E-state index contributed by atoms with van der Waals surface area (Å²) in [5.41, 5.74) is 4.25. The van der Waals surface area contributed by atoms with E-state index in [-0.39, 0.29) is 34.9 Å². The maximum absolute atomic E-state index is 15.0. The molecule has 0 aliphatic carbocycles. The predicted octanol–water partition coefficient (Wildman–Crippen LogP) is 3.48. The van der Waals surface area contributed by atoms with Crippen molar-refractivity contribution in [1.29, 1.82) is 0 Å². The van der Waals surface area contributed by atoms with Gasteiger partial charge in [-0.1, -0.05) is 25.1 Å². The van der Waals surface area contributed by atoms with Crippen LogP contribution in [0, 0.1) is 17.7 Å². The highest BCUT2D eigenvalue weighted by molar-refractivity contribution is 6.06. The second kappa shape index (κ2) is 10.4. The largest absolute Gasteiger partial charge is 0.508 e. The first-order valence-corrected chi connectivity index (χ1v) is 16.0. The maximum Gasteiger partial charge on any atom is 0.318 e. The number of aromatic hydroxyl groups is 1. The Morgan fingerprint density at radius 3 is 2.69 bits per heavy atom. The summed E-state index contributed by atoms with van der Waals surface area (Å²) in [6.07, 6.45) is 4.16. The SMILES string of the molecule is C=C1CN2CCCC2(COc2nc3c(c(N4CC5C(=O)NC(=O)C5C4)n2)CCN(c2cc(O)cc4ccc(F)c(CC)c24)C3)C1. The van der Waals surface area contributed by atoms with Gasteiger partial charge in [0.15, 0.2) is 0 Å². The molecule has 4 fully saturated rings. The van der Waals surface area contributed by atoms with Crippen LogP contribution in [0.5, 0.6) is 11.8 Å². The molecule has 2 amide bonds. The lowest BCUT2D eigenvalue weighted by Crippen LogP contribution is -2.43. The van der Waals surface area contributed by atoms with E-state index in [2.05, 4.69) is 21.7 Å². The number of phenols is 1. The van der Waals surface area contributed by atoms with Gasteiger partial charge in [0.25, 0.3) is 0 Å². The number of amides is 2. The van der Waals surface area contributed by atoms with E-state index in [4.69, 9.17) is 14.7 Å². The highest BCUT2D eigenvalue weighted by Gasteiger charge is 2.49. The molecule has 10 nitrogen and oxygen atoms in total. The molecule has 8 rings (SSSR count). The normalized spacial score (nSPS) is 26.0. The highest BCUT2D eigenvalue weighted by atomic mass is 19.1. The Morgan fingerprint density at radius 2 is 1.91 bits per heavy atom. The Hall–Kier alpha value is -4.25. The first-order valence-electron chi connectivity index (χ1n) is 16.0. The van der Waals surface area contributed by atoms with Gasteiger partial charge in [-0.05, 0) is 61.7 Å². The molecule has 6 heterocycles. The molecule has 234 valence electrons. The van der Waals surface area contributed by atoms with Crippen LogP contribution in [0.4, 0.5) is 15.9 Å². The second-order valence-electron chi connectivity index (χ2n) is 13.3. The number of aryl methyl sites for hydroxylation is 1. The number of hydrogen-bond donors (Lipinski definition) is 2. The summed E-state index contributed by atoms with van der Waals surface area (Å²) in [7, 11) is 0. The molecule has 3 aromatic rings. The first kappa shape index (κ1) is 28.2. The number of imide groups is 1. The lowest BCUT2D eigenvalue weighted by molar-refractivity contribution is -0.126. The van der Waals surface area contributed by atoms with E-state index >= 15 is 0 Å². The van der Waals surface area contributed by atoms with Gasteiger partial charge in [-0.15, -0.1) is 0 Å². The Balaban J connectivity index is 1.17. The molecule has 11 heteroatoms. The zero-order valence-electron chi connectivity index (χ0n) is 25.4. The lowest BCUT2D eigenvalue weighted by atomic mass is 9.94. The number of carbonyl (C=O) groups is 2. The van der Waals surface area contributed by atoms with Gasteiger partial charge in [-0.25, -0.2) is 4.39 Å². The molecule has 5 aliphatic rings. The second-order valence-corrected chi connectivity index (χ2v) is 13.3. The molecule has 0 spiro atoms. The van der Waals surface area contributed by atoms with Gasteiger partial charge in [0.2, 0.25) is 11.8 Å². The number of anilines is 2. The molecule has 5 aliphatic heterocycles. The molecule has 45 heavy (non-hydrogen) atoms. The molecular weight excluding hydrogens is 575 g/mol. The van der Waals surface area contributed by atoms with Crippen LogP contribution in [0.3, 0.4) is 0 Å². The van der Waals surface area contributed by atoms with E-state index in [0.29, 0.717) is 57.0 Å². The third kappa shape index (κ3) is 4.54.